The van der Waals surface area contributed by atoms with Gasteiger partial charge in [-0.15, -0.1) is 0 Å². The van der Waals surface area contributed by atoms with Gasteiger partial charge >= 0.3 is 5.82 Å². The first-order valence-electron chi connectivity index (χ1n) is 8.65. The smallest absolute Gasteiger partial charge is 0.288 e. The first-order valence-corrected chi connectivity index (χ1v) is 10.2. The number of rotatable bonds is 4. The highest BCUT2D eigenvalue weighted by Crippen LogP contribution is 2.21. The van der Waals surface area contributed by atoms with E-state index in [9.17, 15) is 4.79 Å². The molecule has 0 atom stereocenters. The van der Waals surface area contributed by atoms with E-state index >= 15 is 0 Å². The average Bonchev–Trinajstić information content (AvgIpc) is 2.75. The summed E-state index contributed by atoms with van der Waals surface area (Å²) in [5.41, 5.74) is 3.25. The molecule has 0 saturated carbocycles. The van der Waals surface area contributed by atoms with Crippen LogP contribution in [-0.4, -0.2) is 10.8 Å². The van der Waals surface area contributed by atoms with Crippen LogP contribution >= 0.6 is 31.9 Å². The monoisotopic (exact) mass is 493 g/mol. The first-order chi connectivity index (χ1) is 13.6. The number of hydrogen-bond acceptors (Lipinski definition) is 2. The van der Waals surface area contributed by atoms with Gasteiger partial charge in [-0.3, -0.25) is 4.79 Å². The van der Waals surface area contributed by atoms with E-state index in [0.29, 0.717) is 11.1 Å². The van der Waals surface area contributed by atoms with Crippen molar-refractivity contribution in [2.75, 3.05) is 0 Å². The van der Waals surface area contributed by atoms with Crippen LogP contribution in [0.1, 0.15) is 15.9 Å². The fourth-order valence-corrected chi connectivity index (χ4v) is 3.47. The summed E-state index contributed by atoms with van der Waals surface area (Å²) in [6, 6.07) is 25.0. The number of hydrogen-bond donors (Lipinski definition) is 0. The number of benzene rings is 2. The van der Waals surface area contributed by atoms with Crippen LogP contribution in [0.25, 0.3) is 17.1 Å². The lowest BCUT2D eigenvalue weighted by atomic mass is 10.0. The summed E-state index contributed by atoms with van der Waals surface area (Å²) in [6.07, 6.45) is 3.60. The summed E-state index contributed by atoms with van der Waals surface area (Å²) in [5, 5.41) is 0. The summed E-state index contributed by atoms with van der Waals surface area (Å²) >= 11 is 6.88. The Morgan fingerprint density at radius 1 is 0.750 bits per heavy atom. The van der Waals surface area contributed by atoms with Crippen molar-refractivity contribution in [3.63, 3.8) is 0 Å². The molecule has 0 unspecified atom stereocenters. The Kier molecular flexibility index (Phi) is 5.46. The van der Waals surface area contributed by atoms with Crippen molar-refractivity contribution in [3.05, 3.63) is 111 Å². The van der Waals surface area contributed by atoms with E-state index in [2.05, 4.69) is 36.8 Å². The van der Waals surface area contributed by atoms with E-state index < -0.39 is 0 Å². The van der Waals surface area contributed by atoms with Crippen LogP contribution < -0.4 is 4.57 Å². The number of carbonyl (C=O) groups excluding carboxylic acids is 1. The molecule has 2 aromatic heterocycles. The van der Waals surface area contributed by atoms with Crippen LogP contribution in [-0.2, 0) is 0 Å². The molecule has 136 valence electrons. The molecule has 0 N–H and O–H groups in total. The van der Waals surface area contributed by atoms with Gasteiger partial charge in [0.15, 0.2) is 5.78 Å². The van der Waals surface area contributed by atoms with Gasteiger partial charge in [0.05, 0.1) is 5.56 Å². The summed E-state index contributed by atoms with van der Waals surface area (Å²) in [4.78, 5) is 17.5. The van der Waals surface area contributed by atoms with Gasteiger partial charge in [-0.05, 0) is 71.7 Å². The van der Waals surface area contributed by atoms with Gasteiger partial charge in [0.25, 0.3) is 0 Å². The van der Waals surface area contributed by atoms with Crippen molar-refractivity contribution in [2.24, 2.45) is 0 Å². The Morgan fingerprint density at radius 3 is 2.04 bits per heavy atom. The van der Waals surface area contributed by atoms with E-state index in [4.69, 9.17) is 0 Å². The van der Waals surface area contributed by atoms with Gasteiger partial charge in [0, 0.05) is 26.1 Å². The fourth-order valence-electron chi connectivity index (χ4n) is 2.94. The van der Waals surface area contributed by atoms with Crippen LogP contribution in [0.15, 0.2) is 100 Å². The lowest BCUT2D eigenvalue weighted by Crippen LogP contribution is -2.35. The molecule has 0 saturated heterocycles. The van der Waals surface area contributed by atoms with Crippen LogP contribution in [0.2, 0.25) is 0 Å². The normalized spacial score (nSPS) is 10.6. The van der Waals surface area contributed by atoms with Crippen LogP contribution in [0.5, 0.6) is 0 Å². The zero-order valence-electron chi connectivity index (χ0n) is 14.7. The van der Waals surface area contributed by atoms with Crippen molar-refractivity contribution >= 4 is 37.6 Å². The minimum atomic E-state index is -0.0282. The van der Waals surface area contributed by atoms with Crippen molar-refractivity contribution in [1.29, 1.82) is 0 Å². The van der Waals surface area contributed by atoms with E-state index in [1.165, 1.54) is 0 Å². The Bertz CT molecular complexity index is 1130. The van der Waals surface area contributed by atoms with Crippen LogP contribution in [0.4, 0.5) is 0 Å². The van der Waals surface area contributed by atoms with Crippen molar-refractivity contribution in [3.8, 4) is 17.1 Å². The molecule has 5 heteroatoms. The topological polar surface area (TPSA) is 33.8 Å². The molecule has 0 amide bonds. The zero-order valence-corrected chi connectivity index (χ0v) is 17.9. The maximum absolute atomic E-state index is 13.0. The molecule has 2 aromatic carbocycles. The maximum atomic E-state index is 13.0. The summed E-state index contributed by atoms with van der Waals surface area (Å²) < 4.78 is 3.91. The van der Waals surface area contributed by atoms with Crippen LogP contribution in [0.3, 0.4) is 0 Å². The molecule has 0 aliphatic carbocycles. The van der Waals surface area contributed by atoms with Gasteiger partial charge < -0.3 is 0 Å². The molecule has 3 nitrogen and oxygen atoms in total. The molecule has 0 aliphatic heterocycles. The minimum absolute atomic E-state index is 0.0282. The highest BCUT2D eigenvalue weighted by molar-refractivity contribution is 9.10. The SMILES string of the molecule is O=C(c1ccc(Br)cc1)c1ccc(-c2ccc(Br)cc2)[n+](-c2ccccn2)c1. The molecule has 0 fully saturated rings. The first kappa shape index (κ1) is 18.7. The third kappa shape index (κ3) is 3.96. The predicted molar refractivity (Wildman–Crippen MR) is 116 cm³/mol. The summed E-state index contributed by atoms with van der Waals surface area (Å²) in [5.74, 6) is 0.727. The Morgan fingerprint density at radius 2 is 1.39 bits per heavy atom. The maximum Gasteiger partial charge on any atom is 0.327 e. The summed E-state index contributed by atoms with van der Waals surface area (Å²) in [6.45, 7) is 0. The van der Waals surface area contributed by atoms with Gasteiger partial charge in [-0.25, -0.2) is 0 Å². The standard InChI is InChI=1S/C23H15Br2N2O/c24-19-9-4-16(5-10-19)21-13-8-18(15-27(21)22-3-1-2-14-26-22)23(28)17-6-11-20(25)12-7-17/h1-15H/q+1. The molecule has 2 heterocycles. The Labute approximate surface area is 180 Å². The Hall–Kier alpha value is -2.63. The highest BCUT2D eigenvalue weighted by atomic mass is 79.9. The van der Waals surface area contributed by atoms with E-state index in [0.717, 1.165) is 26.0 Å². The van der Waals surface area contributed by atoms with Crippen molar-refractivity contribution in [2.45, 2.75) is 0 Å². The average molecular weight is 495 g/mol. The molecule has 4 aromatic rings. The van der Waals surface area contributed by atoms with Crippen molar-refractivity contribution < 1.29 is 9.36 Å². The molecule has 28 heavy (non-hydrogen) atoms. The largest absolute Gasteiger partial charge is 0.327 e. The quantitative estimate of drug-likeness (QED) is 0.266. The second-order valence-corrected chi connectivity index (χ2v) is 8.04. The molecular formula is C23H15Br2N2O+. The number of ketones is 1. The minimum Gasteiger partial charge on any atom is -0.288 e. The lowest BCUT2D eigenvalue weighted by Gasteiger charge is -2.09. The highest BCUT2D eigenvalue weighted by Gasteiger charge is 2.19. The second-order valence-electron chi connectivity index (χ2n) is 6.20. The lowest BCUT2D eigenvalue weighted by molar-refractivity contribution is -0.588. The predicted octanol–water partition coefficient (Wildman–Crippen LogP) is 5.78. The summed E-state index contributed by atoms with van der Waals surface area (Å²) in [7, 11) is 0. The molecule has 0 radical (unpaired) electrons. The fraction of sp³-hybridized carbons (Fsp3) is 0. The van der Waals surface area contributed by atoms with Gasteiger partial charge in [0.1, 0.15) is 18.1 Å². The molecular weight excluding hydrogens is 480 g/mol. The molecule has 0 spiro atoms. The second kappa shape index (κ2) is 8.17. The number of carbonyl (C=O) groups is 1. The number of aromatic nitrogens is 2. The molecule has 4 rings (SSSR count). The number of halogens is 2. The van der Waals surface area contributed by atoms with E-state index in [1.54, 1.807) is 6.20 Å². The molecule has 0 aliphatic rings. The van der Waals surface area contributed by atoms with Gasteiger partial charge in [-0.2, -0.15) is 4.57 Å². The van der Waals surface area contributed by atoms with Gasteiger partial charge in [0.2, 0.25) is 0 Å². The number of nitrogens with zero attached hydrogens (tertiary/aromatic N) is 2. The third-order valence-electron chi connectivity index (χ3n) is 4.35. The van der Waals surface area contributed by atoms with E-state index in [1.807, 2.05) is 89.6 Å². The third-order valence-corrected chi connectivity index (χ3v) is 5.41. The van der Waals surface area contributed by atoms with Crippen molar-refractivity contribution in [1.82, 2.24) is 4.98 Å². The molecule has 0 bridgehead atoms. The van der Waals surface area contributed by atoms with Crippen LogP contribution in [0, 0.1) is 0 Å². The zero-order chi connectivity index (χ0) is 19.5. The van der Waals surface area contributed by atoms with Gasteiger partial charge in [-0.1, -0.05) is 37.9 Å². The Balaban J connectivity index is 1.84. The number of pyridine rings is 2. The van der Waals surface area contributed by atoms with E-state index in [-0.39, 0.29) is 5.78 Å².